The van der Waals surface area contributed by atoms with Gasteiger partial charge in [-0.25, -0.2) is 4.98 Å². The number of aromatic nitrogens is 4. The molecule has 0 fully saturated rings. The highest BCUT2D eigenvalue weighted by molar-refractivity contribution is 7.99. The van der Waals surface area contributed by atoms with Crippen LogP contribution in [-0.4, -0.2) is 37.3 Å². The van der Waals surface area contributed by atoms with Crippen molar-refractivity contribution in [2.45, 2.75) is 18.6 Å². The highest BCUT2D eigenvalue weighted by Gasteiger charge is 2.18. The number of amides is 2. The Labute approximate surface area is 213 Å². The lowest BCUT2D eigenvalue weighted by Gasteiger charge is -2.12. The largest absolute Gasteiger partial charge is 0.345 e. The van der Waals surface area contributed by atoms with Crippen molar-refractivity contribution in [3.05, 3.63) is 81.0 Å². The highest BCUT2D eigenvalue weighted by Crippen LogP contribution is 2.28. The van der Waals surface area contributed by atoms with E-state index in [9.17, 15) is 9.59 Å². The second kappa shape index (κ2) is 11.0. The number of carbonyl (C=O) groups excluding carboxylic acids is 2. The SMILES string of the molecule is Cc1cccc(C(=O)NCc2nnc(SCC(=O)Nc3nccs3)n2-c2ccc(Cl)c(Cl)c2)c1. The molecule has 0 radical (unpaired) electrons. The topological polar surface area (TPSA) is 102 Å². The molecule has 2 N–H and O–H groups in total. The number of hydrogen-bond acceptors (Lipinski definition) is 7. The summed E-state index contributed by atoms with van der Waals surface area (Å²) in [4.78, 5) is 29.0. The molecular formula is C22H18Cl2N6O2S2. The van der Waals surface area contributed by atoms with Crippen LogP contribution in [0.4, 0.5) is 5.13 Å². The molecule has 0 aliphatic rings. The van der Waals surface area contributed by atoms with Crippen molar-refractivity contribution in [2.75, 3.05) is 11.1 Å². The molecule has 2 amide bonds. The molecule has 0 aliphatic heterocycles. The van der Waals surface area contributed by atoms with E-state index < -0.39 is 0 Å². The molecule has 0 saturated carbocycles. The first-order valence-corrected chi connectivity index (χ1v) is 12.6. The molecule has 12 heteroatoms. The number of carbonyl (C=O) groups is 2. The van der Waals surface area contributed by atoms with Gasteiger partial charge in [-0.1, -0.05) is 52.7 Å². The first-order chi connectivity index (χ1) is 16.4. The summed E-state index contributed by atoms with van der Waals surface area (Å²) in [5.74, 6) is 0.110. The van der Waals surface area contributed by atoms with Gasteiger partial charge in [0.1, 0.15) is 0 Å². The fraction of sp³-hybridized carbons (Fsp3) is 0.136. The number of aryl methyl sites for hydroxylation is 1. The summed E-state index contributed by atoms with van der Waals surface area (Å²) in [5.41, 5.74) is 2.19. The maximum Gasteiger partial charge on any atom is 0.251 e. The lowest BCUT2D eigenvalue weighted by atomic mass is 10.1. The summed E-state index contributed by atoms with van der Waals surface area (Å²) >= 11 is 14.9. The Kier molecular flexibility index (Phi) is 7.84. The highest BCUT2D eigenvalue weighted by atomic mass is 35.5. The van der Waals surface area contributed by atoms with Gasteiger partial charge in [-0.05, 0) is 37.3 Å². The van der Waals surface area contributed by atoms with Crippen molar-refractivity contribution < 1.29 is 9.59 Å². The molecule has 2 aromatic heterocycles. The van der Waals surface area contributed by atoms with Gasteiger partial charge in [-0.15, -0.1) is 21.5 Å². The van der Waals surface area contributed by atoms with Gasteiger partial charge in [-0.2, -0.15) is 0 Å². The van der Waals surface area contributed by atoms with Crippen molar-refractivity contribution >= 4 is 63.2 Å². The molecule has 2 heterocycles. The second-order valence-corrected chi connectivity index (χ2v) is 9.71. The number of anilines is 1. The average Bonchev–Trinajstić information content (AvgIpc) is 3.47. The number of thioether (sulfide) groups is 1. The van der Waals surface area contributed by atoms with Gasteiger partial charge < -0.3 is 10.6 Å². The normalized spacial score (nSPS) is 10.8. The molecule has 4 aromatic rings. The number of benzene rings is 2. The van der Waals surface area contributed by atoms with Crippen molar-refractivity contribution in [2.24, 2.45) is 0 Å². The van der Waals surface area contributed by atoms with E-state index in [1.54, 1.807) is 46.5 Å². The minimum absolute atomic E-state index is 0.0920. The third kappa shape index (κ3) is 5.95. The molecule has 0 saturated heterocycles. The van der Waals surface area contributed by atoms with Crippen LogP contribution >= 0.6 is 46.3 Å². The molecule has 0 unspecified atom stereocenters. The van der Waals surface area contributed by atoms with Gasteiger partial charge in [0.25, 0.3) is 5.91 Å². The standard InChI is InChI=1S/C22H18Cl2N6O2S2/c1-13-3-2-4-14(9-13)20(32)26-11-18-28-29-22(30(18)15-5-6-16(23)17(24)10-15)34-12-19(31)27-21-25-7-8-33-21/h2-10H,11-12H2,1H3,(H,26,32)(H,25,27,31). The van der Waals surface area contributed by atoms with E-state index in [0.29, 0.717) is 37.4 Å². The number of nitrogens with one attached hydrogen (secondary N) is 2. The molecular weight excluding hydrogens is 515 g/mol. The van der Waals surface area contributed by atoms with Crippen LogP contribution in [0.25, 0.3) is 5.69 Å². The van der Waals surface area contributed by atoms with Crippen LogP contribution in [0, 0.1) is 6.92 Å². The van der Waals surface area contributed by atoms with Crippen molar-refractivity contribution in [3.63, 3.8) is 0 Å². The fourth-order valence-corrected chi connectivity index (χ4v) is 4.62. The molecule has 0 atom stereocenters. The Morgan fingerprint density at radius 3 is 2.71 bits per heavy atom. The molecule has 34 heavy (non-hydrogen) atoms. The number of hydrogen-bond donors (Lipinski definition) is 2. The summed E-state index contributed by atoms with van der Waals surface area (Å²) in [6.07, 6.45) is 1.62. The van der Waals surface area contributed by atoms with Crippen LogP contribution in [0.3, 0.4) is 0 Å². The summed E-state index contributed by atoms with van der Waals surface area (Å²) in [5, 5.41) is 17.6. The Balaban J connectivity index is 1.54. The van der Waals surface area contributed by atoms with Crippen LogP contribution in [0.1, 0.15) is 21.7 Å². The lowest BCUT2D eigenvalue weighted by Crippen LogP contribution is -2.24. The van der Waals surface area contributed by atoms with E-state index in [0.717, 1.165) is 5.56 Å². The predicted octanol–water partition coefficient (Wildman–Crippen LogP) is 5.00. The summed E-state index contributed by atoms with van der Waals surface area (Å²) < 4.78 is 1.74. The van der Waals surface area contributed by atoms with Gasteiger partial charge >= 0.3 is 0 Å². The minimum atomic E-state index is -0.232. The Bertz CT molecular complexity index is 1330. The van der Waals surface area contributed by atoms with Crippen LogP contribution in [0.2, 0.25) is 10.0 Å². The smallest absolute Gasteiger partial charge is 0.251 e. The Morgan fingerprint density at radius 1 is 1.12 bits per heavy atom. The molecule has 0 aliphatic carbocycles. The van der Waals surface area contributed by atoms with Gasteiger partial charge in [-0.3, -0.25) is 14.2 Å². The summed E-state index contributed by atoms with van der Waals surface area (Å²) in [6, 6.07) is 12.4. The fourth-order valence-electron chi connectivity index (χ4n) is 3.01. The van der Waals surface area contributed by atoms with Crippen LogP contribution < -0.4 is 10.6 Å². The van der Waals surface area contributed by atoms with Crippen molar-refractivity contribution in [1.82, 2.24) is 25.1 Å². The molecule has 8 nitrogen and oxygen atoms in total. The molecule has 0 bridgehead atoms. The number of halogens is 2. The number of thiazole rings is 1. The monoisotopic (exact) mass is 532 g/mol. The van der Waals surface area contributed by atoms with Crippen molar-refractivity contribution in [3.8, 4) is 5.69 Å². The van der Waals surface area contributed by atoms with Gasteiger partial charge in [0.15, 0.2) is 16.1 Å². The minimum Gasteiger partial charge on any atom is -0.345 e. The van der Waals surface area contributed by atoms with Gasteiger partial charge in [0, 0.05) is 17.1 Å². The van der Waals surface area contributed by atoms with Crippen LogP contribution in [-0.2, 0) is 11.3 Å². The molecule has 174 valence electrons. The third-order valence-electron chi connectivity index (χ3n) is 4.56. The zero-order valence-corrected chi connectivity index (χ0v) is 20.9. The zero-order chi connectivity index (χ0) is 24.1. The van der Waals surface area contributed by atoms with E-state index in [1.165, 1.54) is 23.1 Å². The Hall–Kier alpha value is -2.92. The molecule has 0 spiro atoms. The van der Waals surface area contributed by atoms with E-state index in [-0.39, 0.29) is 24.1 Å². The van der Waals surface area contributed by atoms with E-state index >= 15 is 0 Å². The van der Waals surface area contributed by atoms with E-state index in [1.807, 2.05) is 19.1 Å². The number of rotatable bonds is 8. The first kappa shape index (κ1) is 24.2. The van der Waals surface area contributed by atoms with E-state index in [2.05, 4.69) is 25.8 Å². The number of nitrogens with zero attached hydrogens (tertiary/aromatic N) is 4. The zero-order valence-electron chi connectivity index (χ0n) is 17.8. The quantitative estimate of drug-likeness (QED) is 0.309. The maximum absolute atomic E-state index is 12.6. The lowest BCUT2D eigenvalue weighted by molar-refractivity contribution is -0.113. The van der Waals surface area contributed by atoms with Gasteiger partial charge in [0.05, 0.1) is 28.0 Å². The van der Waals surface area contributed by atoms with Crippen molar-refractivity contribution in [1.29, 1.82) is 0 Å². The average molecular weight is 533 g/mol. The summed E-state index contributed by atoms with van der Waals surface area (Å²) in [7, 11) is 0. The maximum atomic E-state index is 12.6. The van der Waals surface area contributed by atoms with Crippen LogP contribution in [0.15, 0.2) is 59.2 Å². The molecule has 2 aromatic carbocycles. The van der Waals surface area contributed by atoms with Crippen LogP contribution in [0.5, 0.6) is 0 Å². The Morgan fingerprint density at radius 2 is 1.97 bits per heavy atom. The van der Waals surface area contributed by atoms with E-state index in [4.69, 9.17) is 23.2 Å². The predicted molar refractivity (Wildman–Crippen MR) is 135 cm³/mol. The molecule has 4 rings (SSSR count). The van der Waals surface area contributed by atoms with Gasteiger partial charge in [0.2, 0.25) is 5.91 Å². The third-order valence-corrected chi connectivity index (χ3v) is 6.92. The second-order valence-electron chi connectivity index (χ2n) is 7.06. The first-order valence-electron chi connectivity index (χ1n) is 9.97. The summed E-state index contributed by atoms with van der Waals surface area (Å²) in [6.45, 7) is 2.04.